The molecule has 0 heterocycles. The zero-order valence-corrected chi connectivity index (χ0v) is 15.5. The SMILES string of the molecule is COc1ccc(C(=O)N/N=C/c2cc(Br)c(O)c(OC)c2)cc1OC. The first-order valence-electron chi connectivity index (χ1n) is 7.12. The Labute approximate surface area is 153 Å². The van der Waals surface area contributed by atoms with Crippen LogP contribution in [0.3, 0.4) is 0 Å². The van der Waals surface area contributed by atoms with Crippen LogP contribution in [0.4, 0.5) is 0 Å². The van der Waals surface area contributed by atoms with Crippen molar-refractivity contribution < 1.29 is 24.1 Å². The van der Waals surface area contributed by atoms with Crippen molar-refractivity contribution in [2.24, 2.45) is 5.10 Å². The third kappa shape index (κ3) is 4.42. The van der Waals surface area contributed by atoms with Gasteiger partial charge in [-0.1, -0.05) is 0 Å². The van der Waals surface area contributed by atoms with Crippen molar-refractivity contribution in [3.8, 4) is 23.0 Å². The first-order valence-corrected chi connectivity index (χ1v) is 7.91. The van der Waals surface area contributed by atoms with E-state index in [2.05, 4.69) is 26.5 Å². The molecule has 132 valence electrons. The van der Waals surface area contributed by atoms with Gasteiger partial charge in [0.1, 0.15) is 0 Å². The van der Waals surface area contributed by atoms with Crippen LogP contribution in [0.5, 0.6) is 23.0 Å². The van der Waals surface area contributed by atoms with Crippen molar-refractivity contribution in [2.45, 2.75) is 0 Å². The first-order chi connectivity index (χ1) is 12.0. The summed E-state index contributed by atoms with van der Waals surface area (Å²) in [5, 5.41) is 13.7. The number of methoxy groups -OCH3 is 3. The van der Waals surface area contributed by atoms with Crippen LogP contribution >= 0.6 is 15.9 Å². The fourth-order valence-corrected chi connectivity index (χ4v) is 2.49. The molecule has 0 spiro atoms. The lowest BCUT2D eigenvalue weighted by Crippen LogP contribution is -2.17. The van der Waals surface area contributed by atoms with Gasteiger partial charge in [0.2, 0.25) is 0 Å². The van der Waals surface area contributed by atoms with Gasteiger partial charge in [-0.05, 0) is 51.8 Å². The zero-order chi connectivity index (χ0) is 18.4. The van der Waals surface area contributed by atoms with E-state index in [0.29, 0.717) is 32.8 Å². The standard InChI is InChI=1S/C17H17BrN2O5/c1-23-13-5-4-11(8-14(13)24-2)17(22)20-19-9-10-6-12(18)16(21)15(7-10)25-3/h4-9,21H,1-3H3,(H,20,22)/b19-9+. The Morgan fingerprint density at radius 3 is 2.40 bits per heavy atom. The average Bonchev–Trinajstić information content (AvgIpc) is 2.63. The number of hydrazone groups is 1. The summed E-state index contributed by atoms with van der Waals surface area (Å²) in [4.78, 5) is 12.2. The number of ether oxygens (including phenoxy) is 3. The van der Waals surface area contributed by atoms with Gasteiger partial charge in [-0.3, -0.25) is 4.79 Å². The molecule has 0 atom stereocenters. The number of aromatic hydroxyl groups is 1. The second-order valence-corrected chi connectivity index (χ2v) is 5.68. The van der Waals surface area contributed by atoms with E-state index in [9.17, 15) is 9.90 Å². The molecule has 0 aliphatic heterocycles. The van der Waals surface area contributed by atoms with Gasteiger partial charge in [0.25, 0.3) is 5.91 Å². The van der Waals surface area contributed by atoms with E-state index in [0.717, 1.165) is 0 Å². The summed E-state index contributed by atoms with van der Waals surface area (Å²) >= 11 is 3.22. The molecule has 0 fully saturated rings. The summed E-state index contributed by atoms with van der Waals surface area (Å²) in [6.07, 6.45) is 1.44. The molecule has 0 saturated heterocycles. The minimum absolute atomic E-state index is 0.00554. The summed E-state index contributed by atoms with van der Waals surface area (Å²) in [5.41, 5.74) is 3.43. The first kappa shape index (κ1) is 18.6. The largest absolute Gasteiger partial charge is 0.503 e. The van der Waals surface area contributed by atoms with Gasteiger partial charge in [-0.25, -0.2) is 5.43 Å². The number of nitrogens with one attached hydrogen (secondary N) is 1. The van der Waals surface area contributed by atoms with Crippen LogP contribution in [0.25, 0.3) is 0 Å². The summed E-state index contributed by atoms with van der Waals surface area (Å²) in [7, 11) is 4.46. The minimum Gasteiger partial charge on any atom is -0.503 e. The molecule has 2 aromatic rings. The quantitative estimate of drug-likeness (QED) is 0.566. The molecule has 0 saturated carbocycles. The van der Waals surface area contributed by atoms with E-state index < -0.39 is 5.91 Å². The Hall–Kier alpha value is -2.74. The van der Waals surface area contributed by atoms with Crippen LogP contribution in [0.1, 0.15) is 15.9 Å². The Morgan fingerprint density at radius 2 is 1.76 bits per heavy atom. The van der Waals surface area contributed by atoms with Gasteiger partial charge < -0.3 is 19.3 Å². The second-order valence-electron chi connectivity index (χ2n) is 4.82. The lowest BCUT2D eigenvalue weighted by molar-refractivity contribution is 0.0954. The highest BCUT2D eigenvalue weighted by Gasteiger charge is 2.10. The summed E-state index contributed by atoms with van der Waals surface area (Å²) in [6.45, 7) is 0. The third-order valence-electron chi connectivity index (χ3n) is 3.30. The predicted octanol–water partition coefficient (Wildman–Crippen LogP) is 2.94. The topological polar surface area (TPSA) is 89.4 Å². The maximum absolute atomic E-state index is 12.2. The summed E-state index contributed by atoms with van der Waals surface area (Å²) < 4.78 is 15.8. The van der Waals surface area contributed by atoms with Crippen LogP contribution in [-0.4, -0.2) is 38.6 Å². The highest BCUT2D eigenvalue weighted by molar-refractivity contribution is 9.10. The molecule has 0 bridgehead atoms. The Kier molecular flexibility index (Phi) is 6.24. The van der Waals surface area contributed by atoms with Crippen molar-refractivity contribution in [2.75, 3.05) is 21.3 Å². The maximum Gasteiger partial charge on any atom is 0.271 e. The number of carbonyl (C=O) groups excluding carboxylic acids is 1. The number of benzene rings is 2. The number of carbonyl (C=O) groups is 1. The number of rotatable bonds is 6. The molecular weight excluding hydrogens is 392 g/mol. The van der Waals surface area contributed by atoms with Crippen molar-refractivity contribution >= 4 is 28.1 Å². The van der Waals surface area contributed by atoms with Gasteiger partial charge in [0.15, 0.2) is 23.0 Å². The average molecular weight is 409 g/mol. The number of hydrogen-bond acceptors (Lipinski definition) is 6. The molecule has 7 nitrogen and oxygen atoms in total. The van der Waals surface area contributed by atoms with Gasteiger partial charge in [-0.15, -0.1) is 0 Å². The van der Waals surface area contributed by atoms with Gasteiger partial charge >= 0.3 is 0 Å². The molecule has 0 aliphatic rings. The number of phenols is 1. The Balaban J connectivity index is 2.12. The molecule has 0 radical (unpaired) electrons. The molecule has 25 heavy (non-hydrogen) atoms. The van der Waals surface area contributed by atoms with Crippen LogP contribution < -0.4 is 19.6 Å². The molecule has 8 heteroatoms. The third-order valence-corrected chi connectivity index (χ3v) is 3.90. The molecular formula is C17H17BrN2O5. The highest BCUT2D eigenvalue weighted by Crippen LogP contribution is 2.34. The van der Waals surface area contributed by atoms with Crippen LogP contribution in [0, 0.1) is 0 Å². The number of nitrogens with zero attached hydrogens (tertiary/aromatic N) is 1. The number of amides is 1. The fourth-order valence-electron chi connectivity index (χ4n) is 2.03. The lowest BCUT2D eigenvalue weighted by Gasteiger charge is -2.08. The minimum atomic E-state index is -0.401. The normalized spacial score (nSPS) is 10.6. The summed E-state index contributed by atoms with van der Waals surface area (Å²) in [5.74, 6) is 0.869. The van der Waals surface area contributed by atoms with Gasteiger partial charge in [-0.2, -0.15) is 5.10 Å². The smallest absolute Gasteiger partial charge is 0.271 e. The van der Waals surface area contributed by atoms with E-state index in [-0.39, 0.29) is 5.75 Å². The van der Waals surface area contributed by atoms with Crippen LogP contribution in [-0.2, 0) is 0 Å². The molecule has 0 aromatic heterocycles. The molecule has 2 aromatic carbocycles. The molecule has 2 rings (SSSR count). The van der Waals surface area contributed by atoms with E-state index in [4.69, 9.17) is 14.2 Å². The zero-order valence-electron chi connectivity index (χ0n) is 13.9. The maximum atomic E-state index is 12.2. The van der Waals surface area contributed by atoms with Crippen molar-refractivity contribution in [1.29, 1.82) is 0 Å². The van der Waals surface area contributed by atoms with Crippen molar-refractivity contribution in [1.82, 2.24) is 5.43 Å². The van der Waals surface area contributed by atoms with Crippen LogP contribution in [0.15, 0.2) is 39.9 Å². The Morgan fingerprint density at radius 1 is 1.08 bits per heavy atom. The van der Waals surface area contributed by atoms with E-state index in [1.54, 1.807) is 30.3 Å². The van der Waals surface area contributed by atoms with Gasteiger partial charge in [0.05, 0.1) is 32.0 Å². The predicted molar refractivity (Wildman–Crippen MR) is 97.0 cm³/mol. The summed E-state index contributed by atoms with van der Waals surface area (Å²) in [6, 6.07) is 8.03. The lowest BCUT2D eigenvalue weighted by atomic mass is 10.2. The van der Waals surface area contributed by atoms with Crippen molar-refractivity contribution in [3.63, 3.8) is 0 Å². The number of hydrogen-bond donors (Lipinski definition) is 2. The van der Waals surface area contributed by atoms with E-state index in [1.807, 2.05) is 0 Å². The van der Waals surface area contributed by atoms with Crippen molar-refractivity contribution in [3.05, 3.63) is 45.9 Å². The monoisotopic (exact) mass is 408 g/mol. The second kappa shape index (κ2) is 8.39. The molecule has 0 aliphatic carbocycles. The highest BCUT2D eigenvalue weighted by atomic mass is 79.9. The van der Waals surface area contributed by atoms with E-state index >= 15 is 0 Å². The molecule has 0 unspecified atom stereocenters. The van der Waals surface area contributed by atoms with Crippen LogP contribution in [0.2, 0.25) is 0 Å². The van der Waals surface area contributed by atoms with E-state index in [1.165, 1.54) is 27.5 Å². The Bertz CT molecular complexity index is 808. The molecule has 2 N–H and O–H groups in total. The van der Waals surface area contributed by atoms with Gasteiger partial charge in [0, 0.05) is 5.56 Å². The fraction of sp³-hybridized carbons (Fsp3) is 0.176. The molecule has 1 amide bonds. The number of halogens is 1. The number of phenolic OH excluding ortho intramolecular Hbond substituents is 1.